The summed E-state index contributed by atoms with van der Waals surface area (Å²) in [5, 5.41) is 12.8. The third-order valence-corrected chi connectivity index (χ3v) is 8.19. The number of fused-ring (bicyclic) bond motifs is 4. The Hall–Kier alpha value is -7.08. The molecule has 51 heavy (non-hydrogen) atoms. The van der Waals surface area contributed by atoms with Crippen molar-refractivity contribution < 1.29 is 38.4 Å². The van der Waals surface area contributed by atoms with Crippen LogP contribution in [-0.4, -0.2) is 58.3 Å². The molecular formula is C39H30N4O8. The van der Waals surface area contributed by atoms with Gasteiger partial charge in [-0.15, -0.1) is 0 Å². The Morgan fingerprint density at radius 3 is 1.55 bits per heavy atom. The second kappa shape index (κ2) is 13.8. The van der Waals surface area contributed by atoms with E-state index in [1.165, 1.54) is 27.4 Å². The van der Waals surface area contributed by atoms with Crippen molar-refractivity contribution in [2.24, 2.45) is 0 Å². The number of pyridine rings is 2. The lowest BCUT2D eigenvalue weighted by atomic mass is 10.1. The van der Waals surface area contributed by atoms with Crippen molar-refractivity contribution in [3.63, 3.8) is 0 Å². The van der Waals surface area contributed by atoms with Crippen molar-refractivity contribution in [3.05, 3.63) is 121 Å². The van der Waals surface area contributed by atoms with E-state index in [0.29, 0.717) is 56.1 Å². The Bertz CT molecular complexity index is 2580. The van der Waals surface area contributed by atoms with Crippen molar-refractivity contribution in [2.75, 3.05) is 21.3 Å². The third kappa shape index (κ3) is 6.53. The van der Waals surface area contributed by atoms with Gasteiger partial charge in [-0.05, 0) is 72.8 Å². The molecule has 0 amide bonds. The van der Waals surface area contributed by atoms with E-state index in [1.807, 2.05) is 60.9 Å². The van der Waals surface area contributed by atoms with E-state index in [9.17, 15) is 14.7 Å². The molecule has 12 heteroatoms. The average Bonchev–Trinajstić information content (AvgIpc) is 3.83. The summed E-state index contributed by atoms with van der Waals surface area (Å²) in [4.78, 5) is 38.4. The number of hydrogen-bond donors (Lipinski definition) is 3. The van der Waals surface area contributed by atoms with Crippen LogP contribution in [0.3, 0.4) is 0 Å². The molecule has 254 valence electrons. The number of benzene rings is 4. The highest BCUT2D eigenvalue weighted by atomic mass is 16.5. The summed E-state index contributed by atoms with van der Waals surface area (Å²) < 4.78 is 27.3. The topological polar surface area (TPSA) is 158 Å². The van der Waals surface area contributed by atoms with Crippen molar-refractivity contribution in [3.8, 4) is 34.5 Å². The summed E-state index contributed by atoms with van der Waals surface area (Å²) in [6.45, 7) is 0. The summed E-state index contributed by atoms with van der Waals surface area (Å²) in [6, 6.07) is 25.4. The van der Waals surface area contributed by atoms with Gasteiger partial charge in [0.05, 0.1) is 32.4 Å². The van der Waals surface area contributed by atoms with Crippen LogP contribution in [0.25, 0.3) is 43.6 Å². The first kappa shape index (κ1) is 32.5. The number of hydrogen-bond acceptors (Lipinski definition) is 9. The number of nitrogens with zero attached hydrogens (tertiary/aromatic N) is 2. The Morgan fingerprint density at radius 1 is 0.588 bits per heavy atom. The maximum atomic E-state index is 12.1. The molecule has 0 aliphatic heterocycles. The molecule has 0 saturated heterocycles. The number of carbonyl (C=O) groups is 2. The summed E-state index contributed by atoms with van der Waals surface area (Å²) >= 11 is 0. The summed E-state index contributed by atoms with van der Waals surface area (Å²) in [5.74, 6) is 1.60. The fourth-order valence-electron chi connectivity index (χ4n) is 5.69. The van der Waals surface area contributed by atoms with Crippen LogP contribution in [0.4, 0.5) is 0 Å². The molecule has 4 aromatic heterocycles. The number of carboxylic acids is 1. The first-order chi connectivity index (χ1) is 24.8. The Balaban J connectivity index is 0.000000159. The zero-order chi connectivity index (χ0) is 35.5. The standard InChI is InChI=1S/C20H16N2O4.C19H14N2O4/c1-24-19-11-17-14(10-15(19)20(23)25-2)18(6-8-22-17)26-13-3-4-16-12(9-13)5-7-21-16;1-24-18-10-16-13(9-14(18)19(22)23)17(5-7-21-16)25-12-2-3-15-11(8-12)4-6-20-15/h3-11,21H,1-2H3;2-10,20H,1H3,(H,22,23). The average molecular weight is 683 g/mol. The van der Waals surface area contributed by atoms with Gasteiger partial charge in [-0.1, -0.05) is 0 Å². The number of carbonyl (C=O) groups excluding carboxylic acids is 1. The number of rotatable bonds is 8. The number of methoxy groups -OCH3 is 3. The molecule has 0 radical (unpaired) electrons. The molecule has 0 unspecified atom stereocenters. The Labute approximate surface area is 290 Å². The van der Waals surface area contributed by atoms with Crippen molar-refractivity contribution >= 4 is 55.6 Å². The molecule has 3 N–H and O–H groups in total. The summed E-state index contributed by atoms with van der Waals surface area (Å²) in [6.07, 6.45) is 7.02. The lowest BCUT2D eigenvalue weighted by molar-refractivity contribution is 0.0596. The summed E-state index contributed by atoms with van der Waals surface area (Å²) in [7, 11) is 4.26. The maximum Gasteiger partial charge on any atom is 0.341 e. The predicted molar refractivity (Wildman–Crippen MR) is 192 cm³/mol. The number of nitrogens with one attached hydrogen (secondary N) is 2. The van der Waals surface area contributed by atoms with E-state index in [-0.39, 0.29) is 11.3 Å². The van der Waals surface area contributed by atoms with Crippen LogP contribution >= 0.6 is 0 Å². The number of ether oxygens (including phenoxy) is 5. The highest BCUT2D eigenvalue weighted by Gasteiger charge is 2.18. The zero-order valence-corrected chi connectivity index (χ0v) is 27.6. The number of aromatic amines is 2. The number of aromatic carboxylic acids is 1. The van der Waals surface area contributed by atoms with Gasteiger partial charge in [-0.25, -0.2) is 9.59 Å². The molecule has 0 spiro atoms. The van der Waals surface area contributed by atoms with E-state index >= 15 is 0 Å². The minimum atomic E-state index is -1.07. The Kier molecular flexibility index (Phi) is 8.79. The van der Waals surface area contributed by atoms with E-state index < -0.39 is 11.9 Å². The van der Waals surface area contributed by atoms with Crippen LogP contribution in [0.2, 0.25) is 0 Å². The lowest BCUT2D eigenvalue weighted by Gasteiger charge is -2.12. The molecule has 0 saturated carbocycles. The SMILES string of the molecule is COC(=O)c1cc2c(Oc3ccc4[nH]ccc4c3)ccnc2cc1OC.COc1cc2nccc(Oc3ccc4[nH]ccc4c3)c2cc1C(=O)O. The Morgan fingerprint density at radius 2 is 1.08 bits per heavy atom. The molecule has 12 nitrogen and oxygen atoms in total. The van der Waals surface area contributed by atoms with Crippen LogP contribution in [0.15, 0.2) is 110 Å². The number of carboxylic acid groups (broad SMARTS) is 1. The maximum absolute atomic E-state index is 12.1. The van der Waals surface area contributed by atoms with E-state index in [4.69, 9.17) is 23.7 Å². The molecule has 8 aromatic rings. The van der Waals surface area contributed by atoms with E-state index in [2.05, 4.69) is 19.9 Å². The van der Waals surface area contributed by atoms with Crippen molar-refractivity contribution in [1.82, 2.24) is 19.9 Å². The minimum Gasteiger partial charge on any atom is -0.496 e. The largest absolute Gasteiger partial charge is 0.496 e. The first-order valence-corrected chi connectivity index (χ1v) is 15.6. The molecule has 4 aromatic carbocycles. The van der Waals surface area contributed by atoms with E-state index in [1.54, 1.807) is 42.7 Å². The van der Waals surface area contributed by atoms with E-state index in [0.717, 1.165) is 21.8 Å². The molecule has 8 rings (SSSR count). The molecular weight excluding hydrogens is 652 g/mol. The highest BCUT2D eigenvalue weighted by Crippen LogP contribution is 2.36. The smallest absolute Gasteiger partial charge is 0.341 e. The van der Waals surface area contributed by atoms with Gasteiger partial charge >= 0.3 is 11.9 Å². The number of esters is 1. The quantitative estimate of drug-likeness (QED) is 0.133. The van der Waals surface area contributed by atoms with Gasteiger partial charge in [0.15, 0.2) is 0 Å². The highest BCUT2D eigenvalue weighted by molar-refractivity contribution is 6.00. The van der Waals surface area contributed by atoms with Gasteiger partial charge in [-0.3, -0.25) is 9.97 Å². The van der Waals surface area contributed by atoms with Crippen LogP contribution in [0.1, 0.15) is 20.7 Å². The van der Waals surface area contributed by atoms with Gasteiger partial charge in [0.2, 0.25) is 0 Å². The molecule has 0 aliphatic carbocycles. The lowest BCUT2D eigenvalue weighted by Crippen LogP contribution is -2.04. The second-order valence-corrected chi connectivity index (χ2v) is 11.2. The predicted octanol–water partition coefficient (Wildman–Crippen LogP) is 8.52. The minimum absolute atomic E-state index is 0.0638. The first-order valence-electron chi connectivity index (χ1n) is 15.6. The van der Waals surface area contributed by atoms with Gasteiger partial charge in [0, 0.05) is 69.5 Å². The number of aromatic nitrogens is 4. The van der Waals surface area contributed by atoms with Crippen molar-refractivity contribution in [2.45, 2.75) is 0 Å². The third-order valence-electron chi connectivity index (χ3n) is 8.19. The second-order valence-electron chi connectivity index (χ2n) is 11.2. The molecule has 0 fully saturated rings. The van der Waals surface area contributed by atoms with Gasteiger partial charge in [0.1, 0.15) is 45.6 Å². The summed E-state index contributed by atoms with van der Waals surface area (Å²) in [5.41, 5.74) is 3.70. The molecule has 0 bridgehead atoms. The zero-order valence-electron chi connectivity index (χ0n) is 27.6. The van der Waals surface area contributed by atoms with Crippen LogP contribution in [-0.2, 0) is 4.74 Å². The number of H-pyrrole nitrogens is 2. The molecule has 4 heterocycles. The fraction of sp³-hybridized carbons (Fsp3) is 0.0769. The van der Waals surface area contributed by atoms with Gasteiger partial charge < -0.3 is 38.8 Å². The van der Waals surface area contributed by atoms with Crippen LogP contribution in [0, 0.1) is 0 Å². The fourth-order valence-corrected chi connectivity index (χ4v) is 5.69. The van der Waals surface area contributed by atoms with Gasteiger partial charge in [0.25, 0.3) is 0 Å². The van der Waals surface area contributed by atoms with Crippen LogP contribution in [0.5, 0.6) is 34.5 Å². The van der Waals surface area contributed by atoms with Crippen molar-refractivity contribution in [1.29, 1.82) is 0 Å². The van der Waals surface area contributed by atoms with Gasteiger partial charge in [-0.2, -0.15) is 0 Å². The molecule has 0 aliphatic rings. The van der Waals surface area contributed by atoms with Crippen LogP contribution < -0.4 is 18.9 Å². The molecule has 0 atom stereocenters. The monoisotopic (exact) mass is 682 g/mol. The normalized spacial score (nSPS) is 10.9.